The maximum absolute atomic E-state index is 5.75. The Kier molecular flexibility index (Phi) is 4.99. The molecule has 2 unspecified atom stereocenters. The minimum absolute atomic E-state index is 0.309. The topological polar surface area (TPSA) is 39.7 Å². The molecule has 4 heteroatoms. The quantitative estimate of drug-likeness (QED) is 0.905. The first-order chi connectivity index (χ1) is 10.3. The van der Waals surface area contributed by atoms with Crippen molar-refractivity contribution in [1.29, 1.82) is 0 Å². The van der Waals surface area contributed by atoms with Gasteiger partial charge < -0.3 is 19.5 Å². The second kappa shape index (κ2) is 7.14. The van der Waals surface area contributed by atoms with Crippen molar-refractivity contribution in [2.24, 2.45) is 0 Å². The van der Waals surface area contributed by atoms with E-state index in [0.717, 1.165) is 50.7 Å². The predicted molar refractivity (Wildman–Crippen MR) is 82.1 cm³/mol. The molecule has 0 radical (unpaired) electrons. The van der Waals surface area contributed by atoms with Gasteiger partial charge in [0.1, 0.15) is 0 Å². The number of hydrogen-bond acceptors (Lipinski definition) is 4. The summed E-state index contributed by atoms with van der Waals surface area (Å²) in [6.07, 6.45) is 4.91. The van der Waals surface area contributed by atoms with E-state index in [9.17, 15) is 0 Å². The Morgan fingerprint density at radius 3 is 2.81 bits per heavy atom. The lowest BCUT2D eigenvalue weighted by Crippen LogP contribution is -2.23. The maximum atomic E-state index is 5.75. The van der Waals surface area contributed by atoms with Gasteiger partial charge in [-0.05, 0) is 50.4 Å². The molecule has 0 aliphatic carbocycles. The number of nitrogens with one attached hydrogen (secondary N) is 1. The van der Waals surface area contributed by atoms with Crippen molar-refractivity contribution in [3.8, 4) is 11.5 Å². The third kappa shape index (κ3) is 3.89. The molecule has 0 spiro atoms. The highest BCUT2D eigenvalue weighted by Crippen LogP contribution is 2.32. The molecule has 2 atom stereocenters. The normalized spacial score (nSPS) is 22.8. The van der Waals surface area contributed by atoms with Gasteiger partial charge in [-0.2, -0.15) is 0 Å². The molecule has 0 bridgehead atoms. The van der Waals surface area contributed by atoms with Crippen molar-refractivity contribution in [1.82, 2.24) is 5.32 Å². The molecule has 1 aromatic carbocycles. The Balaban J connectivity index is 1.54. The van der Waals surface area contributed by atoms with Gasteiger partial charge in [0.2, 0.25) is 0 Å². The summed E-state index contributed by atoms with van der Waals surface area (Å²) in [7, 11) is 0. The minimum Gasteiger partial charge on any atom is -0.490 e. The summed E-state index contributed by atoms with van der Waals surface area (Å²) in [6.45, 7) is 5.58. The minimum atomic E-state index is 0.309. The lowest BCUT2D eigenvalue weighted by molar-refractivity contribution is 0.103. The molecule has 2 aliphatic rings. The van der Waals surface area contributed by atoms with Crippen LogP contribution in [0.5, 0.6) is 11.5 Å². The molecule has 1 saturated heterocycles. The number of hydrogen-bond donors (Lipinski definition) is 1. The largest absolute Gasteiger partial charge is 0.490 e. The van der Waals surface area contributed by atoms with Crippen LogP contribution in [0, 0.1) is 0 Å². The van der Waals surface area contributed by atoms with Crippen molar-refractivity contribution in [2.45, 2.75) is 44.8 Å². The summed E-state index contributed by atoms with van der Waals surface area (Å²) < 4.78 is 17.1. The molecular weight excluding hydrogens is 266 g/mol. The van der Waals surface area contributed by atoms with Gasteiger partial charge in [-0.3, -0.25) is 0 Å². The molecule has 3 rings (SSSR count). The van der Waals surface area contributed by atoms with Gasteiger partial charge >= 0.3 is 0 Å². The highest BCUT2D eigenvalue weighted by molar-refractivity contribution is 5.44. The monoisotopic (exact) mass is 291 g/mol. The lowest BCUT2D eigenvalue weighted by Gasteiger charge is -2.17. The molecule has 21 heavy (non-hydrogen) atoms. The fraction of sp³-hybridized carbons (Fsp3) is 0.647. The van der Waals surface area contributed by atoms with Crippen molar-refractivity contribution < 1.29 is 14.2 Å². The molecule has 0 amide bonds. The summed E-state index contributed by atoms with van der Waals surface area (Å²) in [4.78, 5) is 0. The smallest absolute Gasteiger partial charge is 0.161 e. The molecule has 116 valence electrons. The number of fused-ring (bicyclic) bond motifs is 1. The molecule has 4 nitrogen and oxygen atoms in total. The van der Waals surface area contributed by atoms with E-state index in [2.05, 4.69) is 24.4 Å². The van der Waals surface area contributed by atoms with Gasteiger partial charge in [0.05, 0.1) is 19.3 Å². The van der Waals surface area contributed by atoms with E-state index in [4.69, 9.17) is 14.2 Å². The van der Waals surface area contributed by atoms with E-state index >= 15 is 0 Å². The summed E-state index contributed by atoms with van der Waals surface area (Å²) in [5.74, 6) is 1.74. The zero-order chi connectivity index (χ0) is 14.5. The van der Waals surface area contributed by atoms with Crippen molar-refractivity contribution in [3.05, 3.63) is 23.8 Å². The van der Waals surface area contributed by atoms with Gasteiger partial charge in [0.25, 0.3) is 0 Å². The summed E-state index contributed by atoms with van der Waals surface area (Å²) in [5.41, 5.74) is 1.24. The highest BCUT2D eigenvalue weighted by Gasteiger charge is 2.16. The van der Waals surface area contributed by atoms with Crippen molar-refractivity contribution >= 4 is 0 Å². The molecule has 2 heterocycles. The van der Waals surface area contributed by atoms with Crippen LogP contribution in [-0.4, -0.2) is 32.5 Å². The summed E-state index contributed by atoms with van der Waals surface area (Å²) in [5, 5.41) is 3.57. The molecule has 1 fully saturated rings. The van der Waals surface area contributed by atoms with Crippen molar-refractivity contribution in [3.63, 3.8) is 0 Å². The zero-order valence-electron chi connectivity index (χ0n) is 12.8. The standard InChI is InChI=1S/C17H25NO3/c1-13(18-8-7-15-4-2-9-19-15)14-5-6-16-17(12-14)21-11-3-10-20-16/h5-6,12-13,15,18H,2-4,7-11H2,1H3. The third-order valence-corrected chi connectivity index (χ3v) is 4.21. The molecule has 1 aromatic rings. The van der Waals surface area contributed by atoms with Gasteiger partial charge in [0.15, 0.2) is 11.5 Å². The van der Waals surface area contributed by atoms with Gasteiger partial charge in [0, 0.05) is 19.1 Å². The summed E-state index contributed by atoms with van der Waals surface area (Å²) >= 11 is 0. The Hall–Kier alpha value is -1.26. The van der Waals surface area contributed by atoms with Crippen LogP contribution >= 0.6 is 0 Å². The van der Waals surface area contributed by atoms with E-state index in [1.807, 2.05) is 6.07 Å². The Bertz CT molecular complexity index is 457. The first kappa shape index (κ1) is 14.7. The lowest BCUT2D eigenvalue weighted by atomic mass is 10.1. The molecular formula is C17H25NO3. The molecule has 0 aromatic heterocycles. The Morgan fingerprint density at radius 2 is 2.00 bits per heavy atom. The second-order valence-electron chi connectivity index (χ2n) is 5.86. The first-order valence-electron chi connectivity index (χ1n) is 8.07. The van der Waals surface area contributed by atoms with Gasteiger partial charge in [-0.15, -0.1) is 0 Å². The first-order valence-corrected chi connectivity index (χ1v) is 8.07. The van der Waals surface area contributed by atoms with Crippen molar-refractivity contribution in [2.75, 3.05) is 26.4 Å². The molecule has 1 N–H and O–H groups in total. The number of benzene rings is 1. The van der Waals surface area contributed by atoms with E-state index in [1.54, 1.807) is 0 Å². The van der Waals surface area contributed by atoms with Crippen LogP contribution in [0.3, 0.4) is 0 Å². The summed E-state index contributed by atoms with van der Waals surface area (Å²) in [6, 6.07) is 6.55. The SMILES string of the molecule is CC(NCCC1CCCO1)c1ccc2c(c1)OCCCO2. The molecule has 0 saturated carbocycles. The van der Waals surface area contributed by atoms with Crippen LogP contribution in [0.15, 0.2) is 18.2 Å². The van der Waals surface area contributed by atoms with E-state index in [0.29, 0.717) is 12.1 Å². The van der Waals surface area contributed by atoms with Gasteiger partial charge in [-0.1, -0.05) is 6.07 Å². The van der Waals surface area contributed by atoms with Crippen LogP contribution in [0.1, 0.15) is 44.2 Å². The fourth-order valence-electron chi connectivity index (χ4n) is 2.90. The zero-order valence-corrected chi connectivity index (χ0v) is 12.8. The van der Waals surface area contributed by atoms with Crippen LogP contribution < -0.4 is 14.8 Å². The fourth-order valence-corrected chi connectivity index (χ4v) is 2.90. The highest BCUT2D eigenvalue weighted by atomic mass is 16.5. The Morgan fingerprint density at radius 1 is 1.14 bits per heavy atom. The van der Waals surface area contributed by atoms with Crippen LogP contribution in [0.2, 0.25) is 0 Å². The Labute approximate surface area is 126 Å². The van der Waals surface area contributed by atoms with E-state index < -0.39 is 0 Å². The second-order valence-corrected chi connectivity index (χ2v) is 5.86. The number of rotatable bonds is 5. The predicted octanol–water partition coefficient (Wildman–Crippen LogP) is 3.07. The average molecular weight is 291 g/mol. The van der Waals surface area contributed by atoms with Crippen LogP contribution in [0.4, 0.5) is 0 Å². The number of ether oxygens (including phenoxy) is 3. The van der Waals surface area contributed by atoms with Crippen LogP contribution in [-0.2, 0) is 4.74 Å². The van der Waals surface area contributed by atoms with Crippen LogP contribution in [0.25, 0.3) is 0 Å². The van der Waals surface area contributed by atoms with Gasteiger partial charge in [-0.25, -0.2) is 0 Å². The van der Waals surface area contributed by atoms with E-state index in [1.165, 1.54) is 18.4 Å². The average Bonchev–Trinajstić information content (AvgIpc) is 2.90. The van der Waals surface area contributed by atoms with E-state index in [-0.39, 0.29) is 0 Å². The third-order valence-electron chi connectivity index (χ3n) is 4.21. The maximum Gasteiger partial charge on any atom is 0.161 e. The molecule has 2 aliphatic heterocycles.